The lowest BCUT2D eigenvalue weighted by atomic mass is 10.1. The van der Waals surface area contributed by atoms with E-state index in [9.17, 15) is 24.0 Å². The quantitative estimate of drug-likeness (QED) is 0.546. The van der Waals surface area contributed by atoms with E-state index in [0.717, 1.165) is 4.90 Å². The molecule has 10 heteroatoms. The van der Waals surface area contributed by atoms with Gasteiger partial charge in [-0.2, -0.15) is 0 Å². The van der Waals surface area contributed by atoms with Crippen LogP contribution in [0.2, 0.25) is 0 Å². The van der Waals surface area contributed by atoms with Crippen LogP contribution in [0.15, 0.2) is 24.3 Å². The Morgan fingerprint density at radius 1 is 1.20 bits per heavy atom. The molecule has 0 unspecified atom stereocenters. The topological polar surface area (TPSA) is 116 Å². The summed E-state index contributed by atoms with van der Waals surface area (Å²) in [6, 6.07) is 6.15. The second-order valence-corrected chi connectivity index (χ2v) is 7.33. The first-order chi connectivity index (χ1) is 14.3. The number of hydrogen-bond donors (Lipinski definition) is 1. The van der Waals surface area contributed by atoms with Crippen molar-refractivity contribution in [2.24, 2.45) is 0 Å². The number of likely N-dealkylation sites (N-methyl/N-ethyl adjacent to an activating group) is 1. The highest BCUT2D eigenvalue weighted by atomic mass is 16.5. The molecule has 1 atom stereocenters. The third kappa shape index (κ3) is 4.58. The molecule has 5 amide bonds. The molecule has 1 fully saturated rings. The van der Waals surface area contributed by atoms with Gasteiger partial charge in [-0.3, -0.25) is 24.1 Å². The van der Waals surface area contributed by atoms with Crippen molar-refractivity contribution in [3.8, 4) is 0 Å². The minimum Gasteiger partial charge on any atom is -0.456 e. The Morgan fingerprint density at radius 2 is 1.93 bits per heavy atom. The number of amides is 5. The number of urea groups is 1. The lowest BCUT2D eigenvalue weighted by Gasteiger charge is -2.27. The van der Waals surface area contributed by atoms with Crippen LogP contribution in [-0.4, -0.2) is 72.3 Å². The number of fused-ring (bicyclic) bond motifs is 1. The number of rotatable bonds is 6. The average molecular weight is 416 g/mol. The Hall–Kier alpha value is -3.43. The van der Waals surface area contributed by atoms with Crippen LogP contribution in [0, 0.1) is 0 Å². The molecule has 0 spiro atoms. The highest BCUT2D eigenvalue weighted by Crippen LogP contribution is 2.31. The predicted octanol–water partition coefficient (Wildman–Crippen LogP) is 0.968. The number of hydrogen-bond acceptors (Lipinski definition) is 6. The highest BCUT2D eigenvalue weighted by Gasteiger charge is 2.33. The van der Waals surface area contributed by atoms with Crippen molar-refractivity contribution in [3.63, 3.8) is 0 Å². The van der Waals surface area contributed by atoms with Gasteiger partial charge >= 0.3 is 12.0 Å². The predicted molar refractivity (Wildman–Crippen MR) is 107 cm³/mol. The Morgan fingerprint density at radius 3 is 2.63 bits per heavy atom. The molecular weight excluding hydrogens is 392 g/mol. The largest absolute Gasteiger partial charge is 0.456 e. The zero-order chi connectivity index (χ0) is 21.8. The van der Waals surface area contributed by atoms with Gasteiger partial charge in [-0.25, -0.2) is 4.79 Å². The summed E-state index contributed by atoms with van der Waals surface area (Å²) in [5.74, 6) is -1.53. The van der Waals surface area contributed by atoms with Crippen LogP contribution < -0.4 is 10.2 Å². The van der Waals surface area contributed by atoms with E-state index >= 15 is 0 Å². The lowest BCUT2D eigenvalue weighted by Crippen LogP contribution is -2.41. The van der Waals surface area contributed by atoms with Gasteiger partial charge in [0.25, 0.3) is 5.91 Å². The third-order valence-corrected chi connectivity index (χ3v) is 4.98. The van der Waals surface area contributed by atoms with E-state index in [-0.39, 0.29) is 50.2 Å². The monoisotopic (exact) mass is 416 g/mol. The molecule has 0 radical (unpaired) electrons. The van der Waals surface area contributed by atoms with Gasteiger partial charge in [0.05, 0.1) is 11.4 Å². The van der Waals surface area contributed by atoms with Gasteiger partial charge in [0.1, 0.15) is 6.54 Å². The summed E-state index contributed by atoms with van der Waals surface area (Å²) >= 11 is 0. The summed E-state index contributed by atoms with van der Waals surface area (Å²) in [7, 11) is 1.53. The molecule has 3 rings (SSSR count). The maximum Gasteiger partial charge on any atom is 0.326 e. The number of carbonyl (C=O) groups is 5. The molecule has 0 saturated carbocycles. The van der Waals surface area contributed by atoms with E-state index in [1.54, 1.807) is 31.2 Å². The molecule has 0 aliphatic carbocycles. The Balaban J connectivity index is 1.52. The number of ether oxygens (including phenoxy) is 1. The summed E-state index contributed by atoms with van der Waals surface area (Å²) < 4.78 is 5.09. The van der Waals surface area contributed by atoms with Crippen LogP contribution in [0.4, 0.5) is 16.2 Å². The van der Waals surface area contributed by atoms with E-state index in [4.69, 9.17) is 4.74 Å². The van der Waals surface area contributed by atoms with Gasteiger partial charge in [-0.15, -0.1) is 0 Å². The average Bonchev–Trinajstić information content (AvgIpc) is 2.85. The first kappa shape index (κ1) is 21.3. The molecule has 2 aliphatic rings. The zero-order valence-corrected chi connectivity index (χ0v) is 16.9. The summed E-state index contributed by atoms with van der Waals surface area (Å²) in [5.41, 5.74) is 1.07. The minimum absolute atomic E-state index is 0.0275. The summed E-state index contributed by atoms with van der Waals surface area (Å²) in [4.78, 5) is 64.1. The molecule has 1 saturated heterocycles. The van der Waals surface area contributed by atoms with Crippen molar-refractivity contribution in [3.05, 3.63) is 24.3 Å². The van der Waals surface area contributed by atoms with Crippen molar-refractivity contribution in [1.29, 1.82) is 0 Å². The van der Waals surface area contributed by atoms with Crippen molar-refractivity contribution in [2.45, 2.75) is 32.2 Å². The first-order valence-electron chi connectivity index (χ1n) is 9.70. The Kier molecular flexibility index (Phi) is 6.34. The summed E-state index contributed by atoms with van der Waals surface area (Å²) in [6.07, 6.45) is 0.348. The number of esters is 1. The van der Waals surface area contributed by atoms with Crippen molar-refractivity contribution < 1.29 is 28.7 Å². The minimum atomic E-state index is -0.597. The van der Waals surface area contributed by atoms with Gasteiger partial charge in [0, 0.05) is 32.5 Å². The molecule has 160 valence electrons. The normalized spacial score (nSPS) is 18.8. The Labute approximate surface area is 173 Å². The zero-order valence-electron chi connectivity index (χ0n) is 16.9. The van der Waals surface area contributed by atoms with Crippen molar-refractivity contribution in [1.82, 2.24) is 9.80 Å². The van der Waals surface area contributed by atoms with Crippen molar-refractivity contribution in [2.75, 3.05) is 37.0 Å². The lowest BCUT2D eigenvalue weighted by molar-refractivity contribution is -0.148. The van der Waals surface area contributed by atoms with E-state index < -0.39 is 24.5 Å². The number of para-hydroxylation sites is 2. The molecule has 1 aromatic carbocycles. The van der Waals surface area contributed by atoms with E-state index in [0.29, 0.717) is 11.4 Å². The number of anilines is 2. The van der Waals surface area contributed by atoms with Crippen LogP contribution in [0.25, 0.3) is 0 Å². The second kappa shape index (κ2) is 8.93. The van der Waals surface area contributed by atoms with E-state index in [1.165, 1.54) is 16.8 Å². The van der Waals surface area contributed by atoms with Gasteiger partial charge in [0.15, 0.2) is 6.61 Å². The second-order valence-electron chi connectivity index (χ2n) is 7.33. The standard InChI is InChI=1S/C20H24N4O6/c1-13-10-16(25)21-14-6-3-4-7-15(14)24(13)18(27)12-30-19(28)8-5-9-23-17(26)11-22(2)20(23)29/h3-4,6-7,13H,5,8-12H2,1-2H3,(H,21,25)/t13-/m1/s1. The van der Waals surface area contributed by atoms with Crippen LogP contribution in [0.1, 0.15) is 26.2 Å². The molecular formula is C20H24N4O6. The fourth-order valence-corrected chi connectivity index (χ4v) is 3.52. The van der Waals surface area contributed by atoms with E-state index in [2.05, 4.69) is 5.32 Å². The third-order valence-electron chi connectivity index (χ3n) is 4.98. The molecule has 1 N–H and O–H groups in total. The van der Waals surface area contributed by atoms with Gasteiger partial charge in [-0.05, 0) is 25.5 Å². The smallest absolute Gasteiger partial charge is 0.326 e. The van der Waals surface area contributed by atoms with E-state index in [1.807, 2.05) is 0 Å². The van der Waals surface area contributed by atoms with Gasteiger partial charge in [0.2, 0.25) is 11.8 Å². The SMILES string of the molecule is C[C@@H]1CC(=O)Nc2ccccc2N1C(=O)COC(=O)CCCN1C(=O)CN(C)C1=O. The number of carbonyl (C=O) groups excluding carboxylic acids is 5. The number of benzene rings is 1. The summed E-state index contributed by atoms with van der Waals surface area (Å²) in [6.45, 7) is 1.44. The Bertz CT molecular complexity index is 886. The maximum absolute atomic E-state index is 12.7. The fourth-order valence-electron chi connectivity index (χ4n) is 3.52. The number of nitrogens with one attached hydrogen (secondary N) is 1. The number of imide groups is 1. The number of nitrogens with zero attached hydrogens (tertiary/aromatic N) is 3. The van der Waals surface area contributed by atoms with Gasteiger partial charge in [-0.1, -0.05) is 12.1 Å². The molecule has 2 heterocycles. The maximum atomic E-state index is 12.7. The molecule has 2 aliphatic heterocycles. The highest BCUT2D eigenvalue weighted by molar-refractivity contribution is 6.05. The molecule has 30 heavy (non-hydrogen) atoms. The first-order valence-corrected chi connectivity index (χ1v) is 9.70. The van der Waals surface area contributed by atoms with Crippen LogP contribution in [0.3, 0.4) is 0 Å². The fraction of sp³-hybridized carbons (Fsp3) is 0.450. The summed E-state index contributed by atoms with van der Waals surface area (Å²) in [5, 5.41) is 2.76. The van der Waals surface area contributed by atoms with Crippen LogP contribution in [0.5, 0.6) is 0 Å². The van der Waals surface area contributed by atoms with Crippen LogP contribution in [-0.2, 0) is 23.9 Å². The molecule has 0 aromatic heterocycles. The molecule has 0 bridgehead atoms. The van der Waals surface area contributed by atoms with Crippen molar-refractivity contribution >= 4 is 41.1 Å². The molecule has 1 aromatic rings. The molecule has 10 nitrogen and oxygen atoms in total. The van der Waals surface area contributed by atoms with Gasteiger partial charge < -0.3 is 19.9 Å². The van der Waals surface area contributed by atoms with Crippen LogP contribution >= 0.6 is 0 Å².